The summed E-state index contributed by atoms with van der Waals surface area (Å²) >= 11 is 1.37. The highest BCUT2D eigenvalue weighted by atomic mass is 32.2. The molecule has 1 saturated carbocycles. The number of para-hydroxylation sites is 2. The molecule has 29 heavy (non-hydrogen) atoms. The van der Waals surface area contributed by atoms with E-state index in [4.69, 9.17) is 4.74 Å². The van der Waals surface area contributed by atoms with E-state index in [1.54, 1.807) is 24.3 Å². The maximum absolute atomic E-state index is 12.6. The molecule has 3 aromatic rings. The lowest BCUT2D eigenvalue weighted by Gasteiger charge is -2.11. The second-order valence-electron chi connectivity index (χ2n) is 6.50. The number of sulfonamides is 1. The van der Waals surface area contributed by atoms with Gasteiger partial charge in [-0.3, -0.25) is 14.8 Å². The first kappa shape index (κ1) is 19.3. The first-order chi connectivity index (χ1) is 14.0. The van der Waals surface area contributed by atoms with E-state index in [1.165, 1.54) is 42.7 Å². The number of ether oxygens (including phenoxy) is 1. The van der Waals surface area contributed by atoms with Crippen LogP contribution in [0.1, 0.15) is 34.1 Å². The molecule has 0 atom stereocenters. The first-order valence-electron chi connectivity index (χ1n) is 8.87. The number of hydrogen-bond acceptors (Lipinski definition) is 7. The predicted molar refractivity (Wildman–Crippen MR) is 110 cm³/mol. The van der Waals surface area contributed by atoms with E-state index >= 15 is 0 Å². The third-order valence-corrected chi connectivity index (χ3v) is 6.75. The molecule has 0 unspecified atom stereocenters. The van der Waals surface area contributed by atoms with E-state index in [0.717, 1.165) is 17.8 Å². The Balaban J connectivity index is 1.46. The zero-order chi connectivity index (χ0) is 20.4. The molecule has 2 N–H and O–H groups in total. The van der Waals surface area contributed by atoms with Crippen molar-refractivity contribution in [1.29, 1.82) is 0 Å². The molecular weight excluding hydrogens is 412 g/mol. The number of anilines is 2. The van der Waals surface area contributed by atoms with Gasteiger partial charge in [-0.25, -0.2) is 8.42 Å². The van der Waals surface area contributed by atoms with Gasteiger partial charge in [0.05, 0.1) is 17.7 Å². The molecule has 0 aliphatic heterocycles. The number of rotatable bonds is 7. The molecule has 4 rings (SSSR count). The van der Waals surface area contributed by atoms with E-state index in [0.29, 0.717) is 28.0 Å². The third-order valence-electron chi connectivity index (χ3n) is 4.37. The maximum atomic E-state index is 12.6. The number of nitrogens with zero attached hydrogens (tertiary/aromatic N) is 2. The highest BCUT2D eigenvalue weighted by Crippen LogP contribution is 2.42. The molecule has 0 radical (unpaired) electrons. The average molecular weight is 431 g/mol. The number of carbonyl (C=O) groups is 1. The summed E-state index contributed by atoms with van der Waals surface area (Å²) in [6, 6.07) is 12.4. The molecule has 0 spiro atoms. The van der Waals surface area contributed by atoms with Crippen molar-refractivity contribution in [3.63, 3.8) is 0 Å². The standard InChI is InChI=1S/C19H18N4O4S2/c1-27-16-5-3-2-4-15(16)23-29(25,26)14-10-8-12(9-11-14)17(24)20-19-22-21-18(28-19)13-6-7-13/h2-5,8-11,13,23H,6-7H2,1H3,(H,20,22,24). The molecular formula is C19H18N4O4S2. The number of methoxy groups -OCH3 is 1. The zero-order valence-electron chi connectivity index (χ0n) is 15.5. The van der Waals surface area contributed by atoms with Crippen molar-refractivity contribution in [1.82, 2.24) is 10.2 Å². The van der Waals surface area contributed by atoms with Crippen molar-refractivity contribution in [3.05, 3.63) is 59.1 Å². The number of nitrogens with one attached hydrogen (secondary N) is 2. The normalized spacial score (nSPS) is 13.7. The van der Waals surface area contributed by atoms with Crippen molar-refractivity contribution in [2.24, 2.45) is 0 Å². The topological polar surface area (TPSA) is 110 Å². The van der Waals surface area contributed by atoms with Gasteiger partial charge in [0.25, 0.3) is 15.9 Å². The van der Waals surface area contributed by atoms with Crippen LogP contribution in [0.3, 0.4) is 0 Å². The van der Waals surface area contributed by atoms with Crippen molar-refractivity contribution < 1.29 is 17.9 Å². The Morgan fingerprint density at radius 2 is 1.83 bits per heavy atom. The highest BCUT2D eigenvalue weighted by molar-refractivity contribution is 7.92. The molecule has 1 amide bonds. The minimum Gasteiger partial charge on any atom is -0.495 e. The summed E-state index contributed by atoms with van der Waals surface area (Å²) in [5, 5.41) is 12.1. The van der Waals surface area contributed by atoms with Crippen LogP contribution < -0.4 is 14.8 Å². The summed E-state index contributed by atoms with van der Waals surface area (Å²) in [7, 11) is -2.36. The van der Waals surface area contributed by atoms with Gasteiger partial charge in [-0.1, -0.05) is 23.5 Å². The number of benzene rings is 2. The van der Waals surface area contributed by atoms with Gasteiger partial charge >= 0.3 is 0 Å². The SMILES string of the molecule is COc1ccccc1NS(=O)(=O)c1ccc(C(=O)Nc2nnc(C3CC3)s2)cc1. The Morgan fingerprint density at radius 3 is 2.52 bits per heavy atom. The Morgan fingerprint density at radius 1 is 1.10 bits per heavy atom. The first-order valence-corrected chi connectivity index (χ1v) is 11.2. The minimum atomic E-state index is -3.83. The number of aromatic nitrogens is 2. The number of carbonyl (C=O) groups excluding carboxylic acids is 1. The highest BCUT2D eigenvalue weighted by Gasteiger charge is 2.27. The molecule has 1 fully saturated rings. The zero-order valence-corrected chi connectivity index (χ0v) is 17.1. The van der Waals surface area contributed by atoms with Gasteiger partial charge in [0.1, 0.15) is 10.8 Å². The van der Waals surface area contributed by atoms with E-state index in [1.807, 2.05) is 0 Å². The summed E-state index contributed by atoms with van der Waals surface area (Å²) < 4.78 is 32.9. The third kappa shape index (κ3) is 4.38. The van der Waals surface area contributed by atoms with Gasteiger partial charge in [-0.2, -0.15) is 0 Å². The molecule has 8 nitrogen and oxygen atoms in total. The summed E-state index contributed by atoms with van der Waals surface area (Å²) in [4.78, 5) is 12.4. The van der Waals surface area contributed by atoms with Crippen LogP contribution in [0, 0.1) is 0 Å². The van der Waals surface area contributed by atoms with Crippen molar-refractivity contribution >= 4 is 38.1 Å². The van der Waals surface area contributed by atoms with Crippen LogP contribution in [0.5, 0.6) is 5.75 Å². The Hall–Kier alpha value is -2.98. The average Bonchev–Trinajstić information content (AvgIpc) is 3.47. The van der Waals surface area contributed by atoms with Gasteiger partial charge < -0.3 is 4.74 Å². The molecule has 1 heterocycles. The molecule has 0 bridgehead atoms. The molecule has 1 aliphatic carbocycles. The van der Waals surface area contributed by atoms with Gasteiger partial charge in [-0.15, -0.1) is 10.2 Å². The van der Waals surface area contributed by atoms with E-state index in [9.17, 15) is 13.2 Å². The Kier molecular flexibility index (Phi) is 5.20. The van der Waals surface area contributed by atoms with Crippen LogP contribution >= 0.6 is 11.3 Å². The summed E-state index contributed by atoms with van der Waals surface area (Å²) in [6.45, 7) is 0. The smallest absolute Gasteiger partial charge is 0.262 e. The molecule has 1 aliphatic rings. The maximum Gasteiger partial charge on any atom is 0.262 e. The summed E-state index contributed by atoms with van der Waals surface area (Å²) in [5.74, 6) is 0.512. The van der Waals surface area contributed by atoms with Crippen molar-refractivity contribution in [2.75, 3.05) is 17.1 Å². The van der Waals surface area contributed by atoms with Crippen LogP contribution in [0.2, 0.25) is 0 Å². The lowest BCUT2D eigenvalue weighted by Crippen LogP contribution is -2.15. The van der Waals surface area contributed by atoms with Crippen molar-refractivity contribution in [3.8, 4) is 5.75 Å². The fourth-order valence-electron chi connectivity index (χ4n) is 2.67. The second kappa shape index (κ2) is 7.80. The van der Waals surface area contributed by atoms with Gasteiger partial charge in [0.15, 0.2) is 0 Å². The van der Waals surface area contributed by atoms with E-state index in [-0.39, 0.29) is 10.8 Å². The number of hydrogen-bond donors (Lipinski definition) is 2. The van der Waals surface area contributed by atoms with E-state index < -0.39 is 10.0 Å². The van der Waals surface area contributed by atoms with E-state index in [2.05, 4.69) is 20.2 Å². The predicted octanol–water partition coefficient (Wildman–Crippen LogP) is 3.48. The van der Waals surface area contributed by atoms with Crippen LogP contribution in [0.25, 0.3) is 0 Å². The van der Waals surface area contributed by atoms with Gasteiger partial charge in [0, 0.05) is 11.5 Å². The molecule has 10 heteroatoms. The Labute approximate surface area is 172 Å². The molecule has 150 valence electrons. The fraction of sp³-hybridized carbons (Fsp3) is 0.211. The van der Waals surface area contributed by atoms with Crippen LogP contribution in [0.4, 0.5) is 10.8 Å². The largest absolute Gasteiger partial charge is 0.495 e. The quantitative estimate of drug-likeness (QED) is 0.594. The lowest BCUT2D eigenvalue weighted by molar-refractivity contribution is 0.102. The second-order valence-corrected chi connectivity index (χ2v) is 9.20. The van der Waals surface area contributed by atoms with Crippen LogP contribution in [0.15, 0.2) is 53.4 Å². The fourth-order valence-corrected chi connectivity index (χ4v) is 4.65. The van der Waals surface area contributed by atoms with Gasteiger partial charge in [0.2, 0.25) is 5.13 Å². The number of amides is 1. The summed E-state index contributed by atoms with van der Waals surface area (Å²) in [5.41, 5.74) is 0.656. The lowest BCUT2D eigenvalue weighted by atomic mass is 10.2. The minimum absolute atomic E-state index is 0.0342. The summed E-state index contributed by atoms with van der Waals surface area (Å²) in [6.07, 6.45) is 2.23. The monoisotopic (exact) mass is 430 g/mol. The van der Waals surface area contributed by atoms with Crippen LogP contribution in [-0.4, -0.2) is 31.6 Å². The van der Waals surface area contributed by atoms with Crippen molar-refractivity contribution in [2.45, 2.75) is 23.7 Å². The molecule has 0 saturated heterocycles. The molecule has 2 aromatic carbocycles. The Bertz CT molecular complexity index is 1140. The van der Waals surface area contributed by atoms with Crippen LogP contribution in [-0.2, 0) is 10.0 Å². The molecule has 1 aromatic heterocycles. The van der Waals surface area contributed by atoms with Gasteiger partial charge in [-0.05, 0) is 49.2 Å².